The molecule has 1 heterocycles. The van der Waals surface area contributed by atoms with Crippen molar-refractivity contribution in [3.63, 3.8) is 0 Å². The van der Waals surface area contributed by atoms with Crippen LogP contribution in [0.2, 0.25) is 0 Å². The Morgan fingerprint density at radius 1 is 1.18 bits per heavy atom. The first-order valence-electron chi connectivity index (χ1n) is 8.94. The van der Waals surface area contributed by atoms with Crippen molar-refractivity contribution < 1.29 is 14.6 Å². The SMILES string of the molecule is COc1cc(N2CCCCC2)ccc1/C=N\NC(=O)c1cc(Br)c(O)c(Br)c1. The molecule has 148 valence electrons. The third kappa shape index (κ3) is 4.86. The minimum absolute atomic E-state index is 0.0404. The van der Waals surface area contributed by atoms with Gasteiger partial charge in [0.15, 0.2) is 0 Å². The maximum absolute atomic E-state index is 12.3. The molecular weight excluding hydrogens is 490 g/mol. The van der Waals surface area contributed by atoms with Gasteiger partial charge in [0.1, 0.15) is 11.5 Å². The zero-order valence-electron chi connectivity index (χ0n) is 15.4. The van der Waals surface area contributed by atoms with E-state index in [1.54, 1.807) is 13.3 Å². The van der Waals surface area contributed by atoms with Gasteiger partial charge in [-0.25, -0.2) is 5.43 Å². The van der Waals surface area contributed by atoms with E-state index >= 15 is 0 Å². The van der Waals surface area contributed by atoms with Crippen molar-refractivity contribution in [3.05, 3.63) is 50.4 Å². The number of hydrogen-bond donors (Lipinski definition) is 2. The smallest absolute Gasteiger partial charge is 0.271 e. The van der Waals surface area contributed by atoms with E-state index in [2.05, 4.69) is 47.3 Å². The number of piperidine rings is 1. The van der Waals surface area contributed by atoms with E-state index in [0.29, 0.717) is 20.3 Å². The molecule has 0 spiro atoms. The van der Waals surface area contributed by atoms with Gasteiger partial charge in [0.05, 0.1) is 22.3 Å². The normalized spacial score (nSPS) is 14.3. The molecule has 0 radical (unpaired) electrons. The summed E-state index contributed by atoms with van der Waals surface area (Å²) >= 11 is 6.42. The number of benzene rings is 2. The number of methoxy groups -OCH3 is 1. The van der Waals surface area contributed by atoms with Crippen LogP contribution >= 0.6 is 31.9 Å². The summed E-state index contributed by atoms with van der Waals surface area (Å²) in [7, 11) is 1.62. The number of anilines is 1. The summed E-state index contributed by atoms with van der Waals surface area (Å²) in [6.07, 6.45) is 5.26. The Morgan fingerprint density at radius 2 is 1.86 bits per heavy atom. The molecule has 0 aromatic heterocycles. The van der Waals surface area contributed by atoms with Gasteiger partial charge >= 0.3 is 0 Å². The number of nitrogens with zero attached hydrogens (tertiary/aromatic N) is 2. The lowest BCUT2D eigenvalue weighted by Crippen LogP contribution is -2.29. The molecule has 2 N–H and O–H groups in total. The van der Waals surface area contributed by atoms with E-state index < -0.39 is 0 Å². The van der Waals surface area contributed by atoms with Crippen LogP contribution < -0.4 is 15.1 Å². The minimum Gasteiger partial charge on any atom is -0.506 e. The third-order valence-electron chi connectivity index (χ3n) is 4.59. The molecule has 0 atom stereocenters. The van der Waals surface area contributed by atoms with E-state index in [4.69, 9.17) is 4.74 Å². The van der Waals surface area contributed by atoms with E-state index in [1.807, 2.05) is 18.2 Å². The number of hydrazone groups is 1. The molecule has 8 heteroatoms. The van der Waals surface area contributed by atoms with E-state index in [9.17, 15) is 9.90 Å². The van der Waals surface area contributed by atoms with Crippen molar-refractivity contribution in [3.8, 4) is 11.5 Å². The summed E-state index contributed by atoms with van der Waals surface area (Å²) in [4.78, 5) is 14.6. The molecule has 0 aliphatic carbocycles. The highest BCUT2D eigenvalue weighted by Gasteiger charge is 2.13. The molecule has 3 rings (SSSR count). The Kier molecular flexibility index (Phi) is 6.96. The molecule has 0 saturated carbocycles. The molecule has 1 saturated heterocycles. The van der Waals surface area contributed by atoms with Crippen LogP contribution in [0, 0.1) is 0 Å². The fourth-order valence-electron chi connectivity index (χ4n) is 3.08. The second kappa shape index (κ2) is 9.43. The molecule has 28 heavy (non-hydrogen) atoms. The van der Waals surface area contributed by atoms with Gasteiger partial charge in [0.25, 0.3) is 5.91 Å². The first-order chi connectivity index (χ1) is 13.5. The monoisotopic (exact) mass is 509 g/mol. The molecule has 0 unspecified atom stereocenters. The number of rotatable bonds is 5. The summed E-state index contributed by atoms with van der Waals surface area (Å²) in [5.41, 5.74) is 4.76. The number of phenolic OH excluding ortho intramolecular Hbond substituents is 1. The Labute approximate surface area is 180 Å². The van der Waals surface area contributed by atoms with Crippen molar-refractivity contribution in [2.24, 2.45) is 5.10 Å². The molecule has 1 fully saturated rings. The highest BCUT2D eigenvalue weighted by molar-refractivity contribution is 9.11. The van der Waals surface area contributed by atoms with Crippen LogP contribution in [0.3, 0.4) is 0 Å². The molecular formula is C20H21Br2N3O3. The van der Waals surface area contributed by atoms with Crippen LogP contribution in [0.5, 0.6) is 11.5 Å². The lowest BCUT2D eigenvalue weighted by Gasteiger charge is -2.29. The van der Waals surface area contributed by atoms with Crippen molar-refractivity contribution in [2.75, 3.05) is 25.1 Å². The van der Waals surface area contributed by atoms with Crippen molar-refractivity contribution in [1.29, 1.82) is 0 Å². The Morgan fingerprint density at radius 3 is 2.50 bits per heavy atom. The molecule has 2 aromatic rings. The molecule has 1 amide bonds. The zero-order chi connectivity index (χ0) is 20.1. The Bertz CT molecular complexity index is 873. The van der Waals surface area contributed by atoms with Crippen LogP contribution in [0.25, 0.3) is 0 Å². The standard InChI is InChI=1S/C20H21Br2N3O3/c1-28-18-11-15(25-7-3-2-4-8-25)6-5-13(18)12-23-24-20(27)14-9-16(21)19(26)17(22)10-14/h5-6,9-12,26H,2-4,7-8H2,1H3,(H,24,27)/b23-12-. The predicted octanol–water partition coefficient (Wildman–Crippen LogP) is 4.68. The molecule has 2 aromatic carbocycles. The van der Waals surface area contributed by atoms with Gasteiger partial charge in [0, 0.05) is 36.0 Å². The number of nitrogens with one attached hydrogen (secondary N) is 1. The maximum atomic E-state index is 12.3. The fourth-order valence-corrected chi connectivity index (χ4v) is 4.26. The average Bonchev–Trinajstić information content (AvgIpc) is 2.72. The Hall–Kier alpha value is -2.06. The average molecular weight is 511 g/mol. The number of ether oxygens (including phenoxy) is 1. The zero-order valence-corrected chi connectivity index (χ0v) is 18.6. The van der Waals surface area contributed by atoms with Gasteiger partial charge in [-0.05, 0) is 75.4 Å². The number of amides is 1. The van der Waals surface area contributed by atoms with Crippen LogP contribution in [0.15, 0.2) is 44.4 Å². The van der Waals surface area contributed by atoms with Crippen LogP contribution in [-0.4, -0.2) is 37.4 Å². The Balaban J connectivity index is 1.70. The van der Waals surface area contributed by atoms with Gasteiger partial charge in [-0.3, -0.25) is 4.79 Å². The summed E-state index contributed by atoms with van der Waals surface area (Å²) in [6.45, 7) is 2.12. The fraction of sp³-hybridized carbons (Fsp3) is 0.300. The first kappa shape index (κ1) is 20.7. The third-order valence-corrected chi connectivity index (χ3v) is 5.80. The van der Waals surface area contributed by atoms with E-state index in [0.717, 1.165) is 24.3 Å². The molecule has 1 aliphatic heterocycles. The number of carbonyl (C=O) groups excluding carboxylic acids is 1. The van der Waals surface area contributed by atoms with Gasteiger partial charge in [-0.2, -0.15) is 5.10 Å². The van der Waals surface area contributed by atoms with Gasteiger partial charge in [0.2, 0.25) is 0 Å². The van der Waals surface area contributed by atoms with Crippen molar-refractivity contribution in [2.45, 2.75) is 19.3 Å². The van der Waals surface area contributed by atoms with Crippen LogP contribution in [0.1, 0.15) is 35.2 Å². The summed E-state index contributed by atoms with van der Waals surface area (Å²) in [6, 6.07) is 9.04. The topological polar surface area (TPSA) is 74.2 Å². The lowest BCUT2D eigenvalue weighted by molar-refractivity contribution is 0.0955. The van der Waals surface area contributed by atoms with Gasteiger partial charge in [-0.15, -0.1) is 0 Å². The summed E-state index contributed by atoms with van der Waals surface area (Å²) < 4.78 is 6.34. The predicted molar refractivity (Wildman–Crippen MR) is 118 cm³/mol. The van der Waals surface area contributed by atoms with E-state index in [-0.39, 0.29) is 11.7 Å². The molecule has 1 aliphatic rings. The summed E-state index contributed by atoms with van der Waals surface area (Å²) in [5, 5.41) is 13.8. The van der Waals surface area contributed by atoms with Crippen LogP contribution in [-0.2, 0) is 0 Å². The highest BCUT2D eigenvalue weighted by Crippen LogP contribution is 2.33. The number of halogens is 2. The number of hydrogen-bond acceptors (Lipinski definition) is 5. The lowest BCUT2D eigenvalue weighted by atomic mass is 10.1. The molecule has 6 nitrogen and oxygen atoms in total. The minimum atomic E-state index is -0.387. The quantitative estimate of drug-likeness (QED) is 0.452. The highest BCUT2D eigenvalue weighted by atomic mass is 79.9. The largest absolute Gasteiger partial charge is 0.506 e. The van der Waals surface area contributed by atoms with E-state index in [1.165, 1.54) is 31.4 Å². The summed E-state index contributed by atoms with van der Waals surface area (Å²) in [5.74, 6) is 0.358. The maximum Gasteiger partial charge on any atom is 0.271 e. The van der Waals surface area contributed by atoms with Crippen molar-refractivity contribution in [1.82, 2.24) is 5.43 Å². The van der Waals surface area contributed by atoms with Crippen molar-refractivity contribution >= 4 is 49.7 Å². The number of carbonyl (C=O) groups is 1. The first-order valence-corrected chi connectivity index (χ1v) is 10.5. The number of phenols is 1. The van der Waals surface area contributed by atoms with Crippen LogP contribution in [0.4, 0.5) is 5.69 Å². The second-order valence-corrected chi connectivity index (χ2v) is 8.17. The molecule has 0 bridgehead atoms. The van der Waals surface area contributed by atoms with Gasteiger partial charge in [-0.1, -0.05) is 0 Å². The second-order valence-electron chi connectivity index (χ2n) is 6.46. The number of aromatic hydroxyl groups is 1. The van der Waals surface area contributed by atoms with Gasteiger partial charge < -0.3 is 14.7 Å².